The van der Waals surface area contributed by atoms with E-state index < -0.39 is 18.8 Å². The van der Waals surface area contributed by atoms with Crippen LogP contribution in [0.15, 0.2) is 0 Å². The zero-order chi connectivity index (χ0) is 6.78. The molecule has 0 saturated heterocycles. The fourth-order valence-corrected chi connectivity index (χ4v) is 0.0619. The summed E-state index contributed by atoms with van der Waals surface area (Å²) in [6.07, 6.45) is -4.51. The molecule has 0 saturated carbocycles. The molecule has 2 radical (unpaired) electrons. The number of alkyl halides is 3. The van der Waals surface area contributed by atoms with Crippen molar-refractivity contribution < 1.29 is 17.6 Å². The second-order valence-electron chi connectivity index (χ2n) is 1.29. The lowest BCUT2D eigenvalue weighted by atomic mass is 10.2. The molecule has 0 rings (SSSR count). The lowest BCUT2D eigenvalue weighted by Crippen LogP contribution is -2.16. The van der Waals surface area contributed by atoms with Crippen molar-refractivity contribution in [2.24, 2.45) is 0 Å². The van der Waals surface area contributed by atoms with Gasteiger partial charge in [-0.15, -0.1) is 0 Å². The van der Waals surface area contributed by atoms with Gasteiger partial charge < -0.3 is 0 Å². The van der Waals surface area contributed by atoms with Crippen molar-refractivity contribution in [3.05, 3.63) is 12.6 Å². The molecule has 4 heteroatoms. The van der Waals surface area contributed by atoms with E-state index >= 15 is 0 Å². The first-order valence-corrected chi connectivity index (χ1v) is 1.82. The Balaban J connectivity index is 3.62. The largest absolute Gasteiger partial charge is 0.398 e. The Hall–Kier alpha value is -0.280. The van der Waals surface area contributed by atoms with Crippen LogP contribution in [0.3, 0.4) is 0 Å². The highest BCUT2D eigenvalue weighted by Crippen LogP contribution is 2.29. The van der Waals surface area contributed by atoms with Crippen molar-refractivity contribution in [3.8, 4) is 0 Å². The van der Waals surface area contributed by atoms with E-state index in [0.717, 1.165) is 0 Å². The smallest absolute Gasteiger partial charge is 0.243 e. The first kappa shape index (κ1) is 7.72. The highest BCUT2D eigenvalue weighted by molar-refractivity contribution is 4.99. The summed E-state index contributed by atoms with van der Waals surface area (Å²) in [6.45, 7) is 0.208. The molecule has 0 aliphatic heterocycles. The molecule has 0 amide bonds. The standard InChI is InChI=1S/C4H4F4/c1-3(2-5)4(6,7)8/h2H,1H3. The van der Waals surface area contributed by atoms with E-state index in [9.17, 15) is 17.6 Å². The molecule has 0 aromatic carbocycles. The Morgan fingerprint density at radius 3 is 1.75 bits per heavy atom. The third-order valence-electron chi connectivity index (χ3n) is 0.611. The first-order valence-electron chi connectivity index (χ1n) is 1.82. The van der Waals surface area contributed by atoms with Crippen LogP contribution in [-0.4, -0.2) is 6.18 Å². The summed E-state index contributed by atoms with van der Waals surface area (Å²) < 4.78 is 44.4. The molecular formula is C4H4F4. The molecule has 0 aromatic heterocycles. The molecule has 0 aliphatic carbocycles. The topological polar surface area (TPSA) is 0 Å². The first-order chi connectivity index (χ1) is 3.48. The predicted molar refractivity (Wildman–Crippen MR) is 20.4 cm³/mol. The van der Waals surface area contributed by atoms with Crippen LogP contribution >= 0.6 is 0 Å². The summed E-state index contributed by atoms with van der Waals surface area (Å²) >= 11 is 0. The minimum atomic E-state index is -4.51. The minimum Gasteiger partial charge on any atom is -0.243 e. The van der Waals surface area contributed by atoms with Crippen molar-refractivity contribution >= 4 is 0 Å². The fourth-order valence-electron chi connectivity index (χ4n) is 0.0619. The maximum atomic E-state index is 11.1. The van der Waals surface area contributed by atoms with Crippen molar-refractivity contribution in [2.45, 2.75) is 13.1 Å². The molecule has 0 N–H and O–H groups in total. The number of hydrogen-bond acceptors (Lipinski definition) is 0. The van der Waals surface area contributed by atoms with Gasteiger partial charge in [-0.25, -0.2) is 4.39 Å². The van der Waals surface area contributed by atoms with Gasteiger partial charge in [0.1, 0.15) is 12.6 Å². The van der Waals surface area contributed by atoms with E-state index in [-0.39, 0.29) is 0 Å². The molecule has 0 aromatic rings. The van der Waals surface area contributed by atoms with Gasteiger partial charge in [-0.2, -0.15) is 13.2 Å². The molecule has 48 valence electrons. The van der Waals surface area contributed by atoms with Gasteiger partial charge in [0.2, 0.25) is 0 Å². The molecule has 0 spiro atoms. The third-order valence-corrected chi connectivity index (χ3v) is 0.611. The monoisotopic (exact) mass is 128 g/mol. The lowest BCUT2D eigenvalue weighted by molar-refractivity contribution is -0.111. The Bertz CT molecular complexity index is 64.9. The van der Waals surface area contributed by atoms with E-state index in [2.05, 4.69) is 0 Å². The minimum absolute atomic E-state index is 0.458. The molecule has 0 heterocycles. The maximum absolute atomic E-state index is 11.1. The maximum Gasteiger partial charge on any atom is 0.398 e. The van der Waals surface area contributed by atoms with Crippen LogP contribution < -0.4 is 0 Å². The van der Waals surface area contributed by atoms with Gasteiger partial charge in [-0.05, 0) is 6.92 Å². The van der Waals surface area contributed by atoms with Crippen molar-refractivity contribution in [1.82, 2.24) is 0 Å². The summed E-state index contributed by atoms with van der Waals surface area (Å²) in [5, 5.41) is 0. The van der Waals surface area contributed by atoms with Crippen LogP contribution in [0.5, 0.6) is 0 Å². The van der Waals surface area contributed by atoms with Crippen LogP contribution in [0.2, 0.25) is 0 Å². The summed E-state index contributed by atoms with van der Waals surface area (Å²) in [7, 11) is 0. The highest BCUT2D eigenvalue weighted by Gasteiger charge is 2.36. The average molecular weight is 128 g/mol. The summed E-state index contributed by atoms with van der Waals surface area (Å²) in [4.78, 5) is 0. The SMILES string of the molecule is C[C]([CH]F)C(F)(F)F. The van der Waals surface area contributed by atoms with Gasteiger partial charge in [0.15, 0.2) is 0 Å². The van der Waals surface area contributed by atoms with Gasteiger partial charge in [0, 0.05) is 0 Å². The van der Waals surface area contributed by atoms with Crippen LogP contribution in [0.4, 0.5) is 17.6 Å². The van der Waals surface area contributed by atoms with Crippen LogP contribution in [-0.2, 0) is 0 Å². The molecular weight excluding hydrogens is 124 g/mol. The Kier molecular flexibility index (Phi) is 2.25. The number of halogens is 4. The molecule has 8 heavy (non-hydrogen) atoms. The zero-order valence-electron chi connectivity index (χ0n) is 4.09. The van der Waals surface area contributed by atoms with E-state index in [4.69, 9.17) is 0 Å². The van der Waals surface area contributed by atoms with Crippen LogP contribution in [0.25, 0.3) is 0 Å². The third kappa shape index (κ3) is 2.14. The number of rotatable bonds is 1. The quantitative estimate of drug-likeness (QED) is 0.475. The van der Waals surface area contributed by atoms with Crippen molar-refractivity contribution in [3.63, 3.8) is 0 Å². The van der Waals surface area contributed by atoms with E-state index in [0.29, 0.717) is 6.92 Å². The molecule has 0 atom stereocenters. The predicted octanol–water partition coefficient (Wildman–Crippen LogP) is 2.27. The Morgan fingerprint density at radius 1 is 1.38 bits per heavy atom. The van der Waals surface area contributed by atoms with Crippen LogP contribution in [0.1, 0.15) is 6.92 Å². The van der Waals surface area contributed by atoms with Gasteiger partial charge in [0.25, 0.3) is 0 Å². The Labute approximate surface area is 44.5 Å². The van der Waals surface area contributed by atoms with Gasteiger partial charge in [0.05, 0.1) is 0 Å². The van der Waals surface area contributed by atoms with Crippen molar-refractivity contribution in [2.75, 3.05) is 0 Å². The van der Waals surface area contributed by atoms with E-state index in [1.807, 2.05) is 0 Å². The summed E-state index contributed by atoms with van der Waals surface area (Å²) in [5.74, 6) is -1.21. The van der Waals surface area contributed by atoms with E-state index in [1.54, 1.807) is 0 Å². The average Bonchev–Trinajstić information content (AvgIpc) is 1.62. The number of hydrogen-bond donors (Lipinski definition) is 0. The molecule has 0 aliphatic rings. The second kappa shape index (κ2) is 2.33. The van der Waals surface area contributed by atoms with Gasteiger partial charge >= 0.3 is 6.18 Å². The molecule has 0 bridgehead atoms. The normalized spacial score (nSPS) is 12.8. The van der Waals surface area contributed by atoms with E-state index in [1.165, 1.54) is 0 Å². The second-order valence-corrected chi connectivity index (χ2v) is 1.29. The summed E-state index contributed by atoms with van der Waals surface area (Å²) in [5.41, 5.74) is 0. The fraction of sp³-hybridized carbons (Fsp3) is 0.500. The highest BCUT2D eigenvalue weighted by atomic mass is 19.4. The van der Waals surface area contributed by atoms with Crippen LogP contribution in [0, 0.1) is 12.6 Å². The summed E-state index contributed by atoms with van der Waals surface area (Å²) in [6, 6.07) is 0. The van der Waals surface area contributed by atoms with Gasteiger partial charge in [-0.1, -0.05) is 0 Å². The molecule has 0 nitrogen and oxygen atoms in total. The zero-order valence-corrected chi connectivity index (χ0v) is 4.09. The lowest BCUT2D eigenvalue weighted by Gasteiger charge is -2.08. The molecule has 0 fully saturated rings. The molecule has 0 unspecified atom stereocenters. The van der Waals surface area contributed by atoms with Gasteiger partial charge in [-0.3, -0.25) is 0 Å². The van der Waals surface area contributed by atoms with Crippen molar-refractivity contribution in [1.29, 1.82) is 0 Å². The Morgan fingerprint density at radius 2 is 1.75 bits per heavy atom.